The van der Waals surface area contributed by atoms with Crippen LogP contribution in [0.25, 0.3) is 22.1 Å². The lowest BCUT2D eigenvalue weighted by Crippen LogP contribution is -2.54. The molecule has 10 rings (SSSR count). The highest BCUT2D eigenvalue weighted by Gasteiger charge is 2.46. The summed E-state index contributed by atoms with van der Waals surface area (Å²) in [6, 6.07) is 7.49. The summed E-state index contributed by atoms with van der Waals surface area (Å²) in [7, 11) is 6.88. The second-order valence-corrected chi connectivity index (χ2v) is 28.6. The van der Waals surface area contributed by atoms with Crippen LogP contribution in [0.15, 0.2) is 36.4 Å². The van der Waals surface area contributed by atoms with Crippen LogP contribution in [0.4, 0.5) is 38.5 Å². The lowest BCUT2D eigenvalue weighted by Gasteiger charge is -2.43. The summed E-state index contributed by atoms with van der Waals surface area (Å²) in [6.45, 7) is 5.61. The number of likely N-dealkylation sites (tertiary alicyclic amines) is 2. The third-order valence-electron chi connectivity index (χ3n) is 18.6. The first-order valence-corrected chi connectivity index (χ1v) is 32.0. The molecule has 20 nitrogen and oxygen atoms in total. The Morgan fingerprint density at radius 1 is 0.607 bits per heavy atom. The van der Waals surface area contributed by atoms with E-state index in [0.29, 0.717) is 72.9 Å². The number of carbonyl (C=O) groups excluding carboxylic acids is 4. The molecule has 4 amide bonds. The van der Waals surface area contributed by atoms with E-state index in [1.165, 1.54) is 84.1 Å². The first kappa shape index (κ1) is 60.6. The first-order chi connectivity index (χ1) is 40.4. The summed E-state index contributed by atoms with van der Waals surface area (Å²) in [4.78, 5) is 76.9. The molecule has 0 aliphatic carbocycles. The van der Waals surface area contributed by atoms with Crippen LogP contribution in [0.3, 0.4) is 0 Å². The van der Waals surface area contributed by atoms with Gasteiger partial charge in [0, 0.05) is 83.3 Å². The van der Waals surface area contributed by atoms with E-state index in [4.69, 9.17) is 38.4 Å². The third kappa shape index (κ3) is 12.0. The van der Waals surface area contributed by atoms with E-state index >= 15 is 17.6 Å². The molecule has 2 aromatic heterocycles. The molecule has 4 N–H and O–H groups in total. The molecule has 7 heterocycles. The highest BCUT2D eigenvalue weighted by atomic mass is 28.3. The molecular formula is C59H78F4N10O10Si. The van der Waals surface area contributed by atoms with Gasteiger partial charge in [0.25, 0.3) is 0 Å². The van der Waals surface area contributed by atoms with Crippen LogP contribution in [0, 0.1) is 35.1 Å². The van der Waals surface area contributed by atoms with Crippen molar-refractivity contribution in [3.63, 3.8) is 0 Å². The van der Waals surface area contributed by atoms with E-state index < -0.39 is 104 Å². The monoisotopic (exact) mass is 1190 g/mol. The zero-order chi connectivity index (χ0) is 59.7. The number of imidazole rings is 2. The number of aromatic amines is 2. The number of ether oxygens (including phenoxy) is 6. The fourth-order valence-electron chi connectivity index (χ4n) is 14.1. The average Bonchev–Trinajstić information content (AvgIpc) is 3.96. The number of rotatable bonds is 18. The Hall–Kier alpha value is -6.54. The number of nitrogens with zero attached hydrogens (tertiary/aromatic N) is 6. The molecule has 0 unspecified atom stereocenters. The van der Waals surface area contributed by atoms with Gasteiger partial charge in [-0.3, -0.25) is 9.59 Å². The number of amides is 4. The second kappa shape index (κ2) is 25.6. The maximum Gasteiger partial charge on any atom is 0.407 e. The molecule has 84 heavy (non-hydrogen) atoms. The molecule has 10 atom stereocenters. The summed E-state index contributed by atoms with van der Waals surface area (Å²) in [5.74, 6) is -3.24. The van der Waals surface area contributed by atoms with Crippen LogP contribution in [-0.2, 0) is 38.0 Å². The first-order valence-electron chi connectivity index (χ1n) is 29.2. The fourth-order valence-corrected chi connectivity index (χ4v) is 19.1. The number of halogens is 4. The van der Waals surface area contributed by atoms with Gasteiger partial charge in [-0.05, 0) is 88.0 Å². The number of benzene rings is 3. The number of fused-ring (bicyclic) bond motifs is 2. The topological polar surface area (TPSA) is 218 Å². The van der Waals surface area contributed by atoms with Gasteiger partial charge in [0.1, 0.15) is 41.1 Å². The molecule has 1 spiro atoms. The number of alkyl carbamates (subject to hydrolysis) is 2. The van der Waals surface area contributed by atoms with Gasteiger partial charge in [0.15, 0.2) is 11.6 Å². The average molecular weight is 1190 g/mol. The summed E-state index contributed by atoms with van der Waals surface area (Å²) in [5.41, 5.74) is 1.66. The Kier molecular flexibility index (Phi) is 18.4. The van der Waals surface area contributed by atoms with Gasteiger partial charge in [0.05, 0.1) is 93.9 Å². The van der Waals surface area contributed by atoms with Crippen molar-refractivity contribution >= 4 is 65.5 Å². The SMILES string of the molecule is COC[C@H]1C[C@@H](c2nc3cc([C@H]4CC[C@H](c5cc6nc([C@@H]7C[C@H](COC)CN7C(=O)[C@@H](NC(=O)OC)[C@@H](C)OC)[nH]c6cc5F)N4c4cc(F)c(N5CC[Si]6(CCCCC6)CC5)c(F)c4)c(F)cc3[nH]2)N(C(=O)[C@@H](NC(=O)OC)[C@@H](C)OC)C1. The number of aromatic nitrogens is 4. The molecule has 0 radical (unpaired) electrons. The lowest BCUT2D eigenvalue weighted by atomic mass is 10.0. The summed E-state index contributed by atoms with van der Waals surface area (Å²) in [6.07, 6.45) is 1.86. The second-order valence-electron chi connectivity index (χ2n) is 23.6. The van der Waals surface area contributed by atoms with Crippen LogP contribution < -0.4 is 20.4 Å². The van der Waals surface area contributed by atoms with Crippen molar-refractivity contribution in [3.05, 3.63) is 82.4 Å². The number of hydrogen-bond acceptors (Lipinski definition) is 14. The number of nitrogens with one attached hydrogen (secondary N) is 4. The molecule has 5 saturated heterocycles. The Labute approximate surface area is 486 Å². The smallest absolute Gasteiger partial charge is 0.407 e. The molecular weight excluding hydrogens is 1110 g/mol. The van der Waals surface area contributed by atoms with E-state index in [-0.39, 0.29) is 60.3 Å². The molecule has 0 bridgehead atoms. The van der Waals surface area contributed by atoms with Gasteiger partial charge in [-0.1, -0.05) is 31.4 Å². The van der Waals surface area contributed by atoms with Gasteiger partial charge in [-0.2, -0.15) is 0 Å². The quantitative estimate of drug-likeness (QED) is 0.0475. The van der Waals surface area contributed by atoms with E-state index in [2.05, 4.69) is 20.6 Å². The molecule has 5 fully saturated rings. The number of hydrogen-bond donors (Lipinski definition) is 4. The minimum Gasteiger partial charge on any atom is -0.453 e. The lowest BCUT2D eigenvalue weighted by molar-refractivity contribution is -0.138. The van der Waals surface area contributed by atoms with Crippen molar-refractivity contribution in [2.75, 3.05) is 91.9 Å². The van der Waals surface area contributed by atoms with Gasteiger partial charge >= 0.3 is 12.2 Å². The van der Waals surface area contributed by atoms with Crippen LogP contribution in [-0.4, -0.2) is 168 Å². The van der Waals surface area contributed by atoms with Gasteiger partial charge in [-0.25, -0.2) is 37.1 Å². The number of H-pyrrole nitrogens is 2. The fraction of sp³-hybridized carbons (Fsp3) is 0.593. The maximum atomic E-state index is 17.2. The minimum absolute atomic E-state index is 0.0928. The van der Waals surface area contributed by atoms with Gasteiger partial charge in [0.2, 0.25) is 11.8 Å². The van der Waals surface area contributed by atoms with Crippen molar-refractivity contribution < 1.29 is 65.2 Å². The minimum atomic E-state index is -1.50. The predicted molar refractivity (Wildman–Crippen MR) is 307 cm³/mol. The summed E-state index contributed by atoms with van der Waals surface area (Å²) < 4.78 is 100. The maximum absolute atomic E-state index is 17.2. The molecule has 3 aromatic carbocycles. The summed E-state index contributed by atoms with van der Waals surface area (Å²) in [5, 5.41) is 5.20. The van der Waals surface area contributed by atoms with E-state index in [1.54, 1.807) is 54.9 Å². The van der Waals surface area contributed by atoms with E-state index in [0.717, 1.165) is 12.1 Å². The highest BCUT2D eigenvalue weighted by Crippen LogP contribution is 2.51. The number of methoxy groups -OCH3 is 6. The Balaban J connectivity index is 1.02. The van der Waals surface area contributed by atoms with Gasteiger partial charge < -0.3 is 68.6 Å². The normalized spacial score (nSPS) is 24.0. The third-order valence-corrected chi connectivity index (χ3v) is 24.0. The molecule has 5 aromatic rings. The Morgan fingerprint density at radius 3 is 1.45 bits per heavy atom. The number of carbonyl (C=O) groups is 4. The van der Waals surface area contributed by atoms with Crippen LogP contribution in [0.5, 0.6) is 0 Å². The zero-order valence-corrected chi connectivity index (χ0v) is 50.0. The molecule has 5 aliphatic heterocycles. The van der Waals surface area contributed by atoms with E-state index in [9.17, 15) is 19.2 Å². The number of anilines is 2. The zero-order valence-electron chi connectivity index (χ0n) is 49.0. The molecule has 5 aliphatic rings. The van der Waals surface area contributed by atoms with Crippen molar-refractivity contribution in [1.82, 2.24) is 40.4 Å². The van der Waals surface area contributed by atoms with Gasteiger partial charge in [-0.15, -0.1) is 0 Å². The predicted octanol–water partition coefficient (Wildman–Crippen LogP) is 9.12. The van der Waals surface area contributed by atoms with E-state index in [1.807, 2.05) is 4.90 Å². The van der Waals surface area contributed by atoms with Crippen molar-refractivity contribution in [3.8, 4) is 0 Å². The molecule has 456 valence electrons. The van der Waals surface area contributed by atoms with Crippen LogP contribution in [0.2, 0.25) is 24.2 Å². The Morgan fingerprint density at radius 2 is 1.05 bits per heavy atom. The Bertz CT molecular complexity index is 3030. The summed E-state index contributed by atoms with van der Waals surface area (Å²) >= 11 is 0. The molecule has 25 heteroatoms. The highest BCUT2D eigenvalue weighted by molar-refractivity contribution is 6.80. The van der Waals surface area contributed by atoms with Crippen molar-refractivity contribution in [2.45, 2.75) is 131 Å². The standard InChI is InChI=1S/C59H78F4N10O10Si/c1-32(80-5)51(68-58(76)82-7)56(74)71-28-34(30-78-3)20-49(71)54-64-43-24-37(39(60)26-45(43)66-54)47-12-13-48(73(47)36-22-41(62)53(42(63)23-36)70-14-18-84(19-15-70)16-10-9-11-17-84)38-25-44-46(27-40(38)61)67-55(65-44)50-21-35(31-79-4)29-72(50)57(75)52(33(2)81-6)69-59(77)83-8/h22-27,32-35,47-52H,9-21,28-31H2,1-8H3,(H,64,66)(H,65,67)(H,68,76)(H,69,77)/t32-,33-,34+,35+,47-,48-,49+,50+,51+,52+/m1/s1. The van der Waals surface area contributed by atoms with Crippen LogP contribution in [0.1, 0.15) is 106 Å². The van der Waals surface area contributed by atoms with Crippen molar-refractivity contribution in [1.29, 1.82) is 0 Å². The molecule has 0 saturated carbocycles. The van der Waals surface area contributed by atoms with Crippen molar-refractivity contribution in [2.24, 2.45) is 11.8 Å². The van der Waals surface area contributed by atoms with Crippen LogP contribution >= 0.6 is 0 Å². The largest absolute Gasteiger partial charge is 0.453 e.